The molecule has 1 saturated carbocycles. The van der Waals surface area contributed by atoms with E-state index in [0.29, 0.717) is 24.5 Å². The molecule has 3 atom stereocenters. The van der Waals surface area contributed by atoms with E-state index in [9.17, 15) is 4.79 Å². The molecule has 0 N–H and O–H groups in total. The van der Waals surface area contributed by atoms with Crippen molar-refractivity contribution in [2.75, 3.05) is 6.61 Å². The SMILES string of the molecule is C/C=C/C[C@@H]1[C@@]2(C)CO[C@]1(C)CC(=O)C2. The molecule has 0 unspecified atom stereocenters. The Balaban J connectivity index is 2.26. The number of hydrogen-bond acceptors (Lipinski definition) is 2. The predicted molar refractivity (Wildman–Crippen MR) is 59.6 cm³/mol. The van der Waals surface area contributed by atoms with E-state index in [4.69, 9.17) is 4.74 Å². The second-order valence-corrected chi connectivity index (χ2v) is 5.50. The molecule has 2 heteroatoms. The minimum atomic E-state index is -0.205. The van der Waals surface area contributed by atoms with Gasteiger partial charge < -0.3 is 4.74 Å². The zero-order valence-electron chi connectivity index (χ0n) is 9.88. The van der Waals surface area contributed by atoms with E-state index in [1.165, 1.54) is 0 Å². The van der Waals surface area contributed by atoms with Gasteiger partial charge in [0.15, 0.2) is 0 Å². The number of Topliss-reactive ketones (excluding diaryl/α,β-unsaturated/α-hetero) is 1. The summed E-state index contributed by atoms with van der Waals surface area (Å²) < 4.78 is 5.89. The van der Waals surface area contributed by atoms with Gasteiger partial charge in [0.05, 0.1) is 12.2 Å². The van der Waals surface area contributed by atoms with Crippen LogP contribution in [0, 0.1) is 11.3 Å². The van der Waals surface area contributed by atoms with Crippen molar-refractivity contribution in [3.63, 3.8) is 0 Å². The van der Waals surface area contributed by atoms with Crippen LogP contribution in [0.1, 0.15) is 40.0 Å². The molecule has 2 fully saturated rings. The van der Waals surface area contributed by atoms with Gasteiger partial charge >= 0.3 is 0 Å². The molecule has 84 valence electrons. The normalized spacial score (nSPS) is 45.3. The zero-order chi connectivity index (χ0) is 11.1. The van der Waals surface area contributed by atoms with Gasteiger partial charge in [-0.05, 0) is 26.2 Å². The van der Waals surface area contributed by atoms with Crippen LogP contribution in [0.25, 0.3) is 0 Å². The summed E-state index contributed by atoms with van der Waals surface area (Å²) in [5, 5.41) is 0. The van der Waals surface area contributed by atoms with Crippen LogP contribution in [0.5, 0.6) is 0 Å². The Morgan fingerprint density at radius 1 is 1.47 bits per heavy atom. The summed E-state index contributed by atoms with van der Waals surface area (Å²) in [5.74, 6) is 0.869. The van der Waals surface area contributed by atoms with E-state index in [2.05, 4.69) is 26.0 Å². The molecule has 0 aromatic rings. The lowest BCUT2D eigenvalue weighted by molar-refractivity contribution is -0.129. The Labute approximate surface area is 91.7 Å². The number of ketones is 1. The predicted octanol–water partition coefficient (Wildman–Crippen LogP) is 2.73. The highest BCUT2D eigenvalue weighted by molar-refractivity contribution is 5.81. The number of hydrogen-bond donors (Lipinski definition) is 0. The fraction of sp³-hybridized carbons (Fsp3) is 0.769. The Kier molecular flexibility index (Phi) is 2.50. The molecule has 2 nitrogen and oxygen atoms in total. The van der Waals surface area contributed by atoms with Crippen molar-refractivity contribution in [2.24, 2.45) is 11.3 Å². The number of carbonyl (C=O) groups is 1. The molecule has 0 radical (unpaired) electrons. The topological polar surface area (TPSA) is 26.3 Å². The number of carbonyl (C=O) groups excluding carboxylic acids is 1. The molecule has 15 heavy (non-hydrogen) atoms. The summed E-state index contributed by atoms with van der Waals surface area (Å²) in [5.41, 5.74) is -0.132. The molecule has 0 spiro atoms. The average Bonchev–Trinajstić information content (AvgIpc) is 2.27. The van der Waals surface area contributed by atoms with Crippen LogP contribution in [0.2, 0.25) is 0 Å². The maximum atomic E-state index is 11.7. The van der Waals surface area contributed by atoms with Crippen LogP contribution < -0.4 is 0 Å². The van der Waals surface area contributed by atoms with Gasteiger partial charge in [-0.1, -0.05) is 19.1 Å². The first kappa shape index (κ1) is 10.9. The van der Waals surface area contributed by atoms with Crippen LogP contribution in [0.15, 0.2) is 12.2 Å². The van der Waals surface area contributed by atoms with Gasteiger partial charge in [-0.15, -0.1) is 0 Å². The molecule has 1 saturated heterocycles. The first-order chi connectivity index (χ1) is 7.00. The summed E-state index contributed by atoms with van der Waals surface area (Å²) in [6.45, 7) is 7.09. The number of ether oxygens (including phenoxy) is 1. The van der Waals surface area contributed by atoms with E-state index >= 15 is 0 Å². The summed E-state index contributed by atoms with van der Waals surface area (Å²) in [6.07, 6.45) is 6.63. The quantitative estimate of drug-likeness (QED) is 0.652. The lowest BCUT2D eigenvalue weighted by atomic mass is 9.62. The minimum Gasteiger partial charge on any atom is -0.374 e. The van der Waals surface area contributed by atoms with Crippen molar-refractivity contribution in [3.05, 3.63) is 12.2 Å². The van der Waals surface area contributed by atoms with Crippen molar-refractivity contribution < 1.29 is 9.53 Å². The van der Waals surface area contributed by atoms with Gasteiger partial charge in [0.2, 0.25) is 0 Å². The van der Waals surface area contributed by atoms with Crippen molar-refractivity contribution in [1.82, 2.24) is 0 Å². The van der Waals surface area contributed by atoms with Crippen LogP contribution >= 0.6 is 0 Å². The van der Waals surface area contributed by atoms with E-state index in [1.807, 2.05) is 6.92 Å². The molecule has 2 rings (SSSR count). The smallest absolute Gasteiger partial charge is 0.136 e. The standard InChI is InChI=1S/C13H20O2/c1-4-5-6-11-12(2)7-10(14)8-13(11,3)15-9-12/h4-5,11H,6-9H2,1-3H3/b5-4+/t11-,12-,13-/m1/s1. The van der Waals surface area contributed by atoms with Gasteiger partial charge in [-0.2, -0.15) is 0 Å². The summed E-state index contributed by atoms with van der Waals surface area (Å²) in [4.78, 5) is 11.7. The first-order valence-corrected chi connectivity index (χ1v) is 5.77. The third kappa shape index (κ3) is 1.65. The fourth-order valence-corrected chi connectivity index (χ4v) is 3.33. The lowest BCUT2D eigenvalue weighted by Crippen LogP contribution is -2.44. The molecule has 0 aromatic carbocycles. The maximum absolute atomic E-state index is 11.7. The van der Waals surface area contributed by atoms with Crippen LogP contribution in [0.4, 0.5) is 0 Å². The van der Waals surface area contributed by atoms with Crippen LogP contribution in [0.3, 0.4) is 0 Å². The molecule has 1 heterocycles. The van der Waals surface area contributed by atoms with Gasteiger partial charge in [0.25, 0.3) is 0 Å². The average molecular weight is 208 g/mol. The summed E-state index contributed by atoms with van der Waals surface area (Å²) in [7, 11) is 0. The Morgan fingerprint density at radius 2 is 2.20 bits per heavy atom. The van der Waals surface area contributed by atoms with Crippen molar-refractivity contribution in [3.8, 4) is 0 Å². The number of rotatable bonds is 2. The molecule has 0 amide bonds. The van der Waals surface area contributed by atoms with Crippen molar-refractivity contribution >= 4 is 5.78 Å². The molecule has 2 bridgehead atoms. The molecular weight excluding hydrogens is 188 g/mol. The highest BCUT2D eigenvalue weighted by atomic mass is 16.5. The van der Waals surface area contributed by atoms with Crippen molar-refractivity contribution in [2.45, 2.75) is 45.6 Å². The monoisotopic (exact) mass is 208 g/mol. The van der Waals surface area contributed by atoms with Crippen LogP contribution in [-0.2, 0) is 9.53 Å². The largest absolute Gasteiger partial charge is 0.374 e. The molecule has 1 aliphatic heterocycles. The highest BCUT2D eigenvalue weighted by Gasteiger charge is 2.57. The third-order valence-corrected chi connectivity index (χ3v) is 4.07. The number of fused-ring (bicyclic) bond motifs is 2. The van der Waals surface area contributed by atoms with Gasteiger partial charge in [0.1, 0.15) is 5.78 Å². The van der Waals surface area contributed by atoms with E-state index < -0.39 is 0 Å². The number of allylic oxidation sites excluding steroid dienone is 2. The van der Waals surface area contributed by atoms with E-state index in [0.717, 1.165) is 13.0 Å². The van der Waals surface area contributed by atoms with Crippen LogP contribution in [-0.4, -0.2) is 18.0 Å². The lowest BCUT2D eigenvalue weighted by Gasteiger charge is -2.40. The maximum Gasteiger partial charge on any atom is 0.136 e. The van der Waals surface area contributed by atoms with E-state index in [-0.39, 0.29) is 11.0 Å². The molecule has 1 aliphatic carbocycles. The third-order valence-electron chi connectivity index (χ3n) is 4.07. The second kappa shape index (κ2) is 3.44. The van der Waals surface area contributed by atoms with Gasteiger partial charge in [-0.25, -0.2) is 0 Å². The van der Waals surface area contributed by atoms with E-state index in [1.54, 1.807) is 0 Å². The second-order valence-electron chi connectivity index (χ2n) is 5.50. The Morgan fingerprint density at radius 3 is 2.80 bits per heavy atom. The summed E-state index contributed by atoms with van der Waals surface area (Å²) in [6, 6.07) is 0. The fourth-order valence-electron chi connectivity index (χ4n) is 3.33. The molecular formula is C13H20O2. The summed E-state index contributed by atoms with van der Waals surface area (Å²) >= 11 is 0. The minimum absolute atomic E-state index is 0.0730. The Hall–Kier alpha value is -0.630. The molecule has 2 aliphatic rings. The molecule has 0 aromatic heterocycles. The Bertz CT molecular complexity index is 286. The van der Waals surface area contributed by atoms with Gasteiger partial charge in [-0.3, -0.25) is 4.79 Å². The zero-order valence-corrected chi connectivity index (χ0v) is 9.88. The first-order valence-electron chi connectivity index (χ1n) is 5.77. The van der Waals surface area contributed by atoms with Gasteiger partial charge in [0, 0.05) is 18.3 Å². The van der Waals surface area contributed by atoms with Crippen molar-refractivity contribution in [1.29, 1.82) is 0 Å². The highest BCUT2D eigenvalue weighted by Crippen LogP contribution is 2.54.